The Labute approximate surface area is 140 Å². The first kappa shape index (κ1) is 17.4. The van der Waals surface area contributed by atoms with Gasteiger partial charge in [-0.3, -0.25) is 0 Å². The van der Waals surface area contributed by atoms with Crippen LogP contribution in [0.4, 0.5) is 0 Å². The number of ether oxygens (including phenoxy) is 2. The first-order valence-electron chi connectivity index (χ1n) is 7.43. The summed E-state index contributed by atoms with van der Waals surface area (Å²) in [4.78, 5) is 11.5. The molecule has 0 aliphatic rings. The van der Waals surface area contributed by atoms with Gasteiger partial charge in [-0.15, -0.1) is 11.8 Å². The van der Waals surface area contributed by atoms with E-state index in [0.29, 0.717) is 19.6 Å². The van der Waals surface area contributed by atoms with Gasteiger partial charge in [0.2, 0.25) is 0 Å². The van der Waals surface area contributed by atoms with Crippen molar-refractivity contribution in [2.75, 3.05) is 19.8 Å². The monoisotopic (exact) mass is 332 g/mol. The molecule has 0 unspecified atom stereocenters. The third-order valence-electron chi connectivity index (χ3n) is 3.00. The quantitative estimate of drug-likeness (QED) is 0.529. The fourth-order valence-corrected chi connectivity index (χ4v) is 2.74. The van der Waals surface area contributed by atoms with Crippen molar-refractivity contribution < 1.29 is 19.4 Å². The zero-order valence-electron chi connectivity index (χ0n) is 12.8. The summed E-state index contributed by atoms with van der Waals surface area (Å²) in [6, 6.07) is 18.4. The second-order valence-electron chi connectivity index (χ2n) is 4.89. The molecule has 0 atom stereocenters. The minimum Gasteiger partial charge on any atom is -0.494 e. The summed E-state index contributed by atoms with van der Waals surface area (Å²) in [6.45, 7) is 0.640. The SMILES string of the molecule is O=C(O)COCCCOc1ccc(SCc2ccccc2)cc1. The minimum absolute atomic E-state index is 0.257. The van der Waals surface area contributed by atoms with E-state index in [-0.39, 0.29) is 6.61 Å². The lowest BCUT2D eigenvalue weighted by Crippen LogP contribution is -2.09. The van der Waals surface area contributed by atoms with Crippen LogP contribution in [0.2, 0.25) is 0 Å². The topological polar surface area (TPSA) is 55.8 Å². The average molecular weight is 332 g/mol. The molecule has 2 aromatic rings. The number of carboxylic acids is 1. The summed E-state index contributed by atoms with van der Waals surface area (Å²) in [5, 5.41) is 8.43. The number of carbonyl (C=O) groups is 1. The fraction of sp³-hybridized carbons (Fsp3) is 0.278. The van der Waals surface area contributed by atoms with Crippen LogP contribution < -0.4 is 4.74 Å². The van der Waals surface area contributed by atoms with Gasteiger partial charge in [-0.25, -0.2) is 4.79 Å². The Hall–Kier alpha value is -1.98. The van der Waals surface area contributed by atoms with E-state index in [2.05, 4.69) is 12.1 Å². The van der Waals surface area contributed by atoms with Crippen LogP contribution in [-0.2, 0) is 15.3 Å². The molecule has 0 bridgehead atoms. The smallest absolute Gasteiger partial charge is 0.329 e. The highest BCUT2D eigenvalue weighted by Gasteiger charge is 1.99. The van der Waals surface area contributed by atoms with Crippen molar-refractivity contribution in [3.05, 3.63) is 60.2 Å². The Kier molecular flexibility index (Phi) is 7.49. The Morgan fingerprint density at radius 2 is 1.74 bits per heavy atom. The molecule has 1 N–H and O–H groups in total. The van der Waals surface area contributed by atoms with Crippen molar-refractivity contribution in [1.82, 2.24) is 0 Å². The molecule has 0 heterocycles. The van der Waals surface area contributed by atoms with E-state index in [0.717, 1.165) is 11.5 Å². The van der Waals surface area contributed by atoms with Gasteiger partial charge in [-0.1, -0.05) is 30.3 Å². The van der Waals surface area contributed by atoms with E-state index in [1.54, 1.807) is 11.8 Å². The summed E-state index contributed by atoms with van der Waals surface area (Å²) in [5.41, 5.74) is 1.30. The predicted molar refractivity (Wildman–Crippen MR) is 91.0 cm³/mol. The van der Waals surface area contributed by atoms with Gasteiger partial charge in [-0.05, 0) is 29.8 Å². The molecule has 0 amide bonds. The zero-order chi connectivity index (χ0) is 16.3. The Bertz CT molecular complexity index is 584. The first-order valence-corrected chi connectivity index (χ1v) is 8.42. The Morgan fingerprint density at radius 3 is 2.43 bits per heavy atom. The van der Waals surface area contributed by atoms with Crippen LogP contribution in [0.1, 0.15) is 12.0 Å². The standard InChI is InChI=1S/C18H20O4S/c19-18(20)13-21-11-4-12-22-16-7-9-17(10-8-16)23-14-15-5-2-1-3-6-15/h1-3,5-10H,4,11-14H2,(H,19,20). The zero-order valence-corrected chi connectivity index (χ0v) is 13.6. The molecule has 4 nitrogen and oxygen atoms in total. The summed E-state index contributed by atoms with van der Waals surface area (Å²) < 4.78 is 10.5. The molecule has 23 heavy (non-hydrogen) atoms. The maximum Gasteiger partial charge on any atom is 0.329 e. The molecule has 0 radical (unpaired) electrons. The molecule has 0 saturated heterocycles. The van der Waals surface area contributed by atoms with Gasteiger partial charge in [0.1, 0.15) is 12.4 Å². The van der Waals surface area contributed by atoms with Gasteiger partial charge in [-0.2, -0.15) is 0 Å². The number of carboxylic acid groups (broad SMARTS) is 1. The molecule has 5 heteroatoms. The number of thioether (sulfide) groups is 1. The van der Waals surface area contributed by atoms with E-state index < -0.39 is 5.97 Å². The molecule has 0 aliphatic heterocycles. The second-order valence-corrected chi connectivity index (χ2v) is 5.94. The van der Waals surface area contributed by atoms with Gasteiger partial charge in [0.15, 0.2) is 0 Å². The van der Waals surface area contributed by atoms with Gasteiger partial charge in [0.25, 0.3) is 0 Å². The normalized spacial score (nSPS) is 10.4. The van der Waals surface area contributed by atoms with Gasteiger partial charge in [0, 0.05) is 17.1 Å². The van der Waals surface area contributed by atoms with Crippen molar-refractivity contribution in [1.29, 1.82) is 0 Å². The van der Waals surface area contributed by atoms with E-state index >= 15 is 0 Å². The van der Waals surface area contributed by atoms with Crippen LogP contribution in [0.3, 0.4) is 0 Å². The number of hydrogen-bond donors (Lipinski definition) is 1. The lowest BCUT2D eigenvalue weighted by atomic mass is 10.2. The van der Waals surface area contributed by atoms with Crippen LogP contribution in [0.25, 0.3) is 0 Å². The van der Waals surface area contributed by atoms with E-state index in [1.807, 2.05) is 42.5 Å². The Morgan fingerprint density at radius 1 is 1.00 bits per heavy atom. The van der Waals surface area contributed by atoms with Crippen molar-refractivity contribution in [2.45, 2.75) is 17.1 Å². The summed E-state index contributed by atoms with van der Waals surface area (Å²) >= 11 is 1.79. The highest BCUT2D eigenvalue weighted by molar-refractivity contribution is 7.98. The van der Waals surface area contributed by atoms with E-state index in [4.69, 9.17) is 14.6 Å². The lowest BCUT2D eigenvalue weighted by molar-refractivity contribution is -0.142. The molecule has 122 valence electrons. The second kappa shape index (κ2) is 9.92. The molecular weight excluding hydrogens is 312 g/mol. The molecule has 2 aromatic carbocycles. The first-order chi connectivity index (χ1) is 11.2. The number of aliphatic carboxylic acids is 1. The van der Waals surface area contributed by atoms with Crippen molar-refractivity contribution in [2.24, 2.45) is 0 Å². The summed E-state index contributed by atoms with van der Waals surface area (Å²) in [7, 11) is 0. The third-order valence-corrected chi connectivity index (χ3v) is 4.08. The van der Waals surface area contributed by atoms with Crippen LogP contribution in [0, 0.1) is 0 Å². The average Bonchev–Trinajstić information content (AvgIpc) is 2.58. The van der Waals surface area contributed by atoms with E-state index in [1.165, 1.54) is 10.5 Å². The molecule has 0 fully saturated rings. The maximum atomic E-state index is 10.3. The Balaban J connectivity index is 1.65. The number of rotatable bonds is 10. The van der Waals surface area contributed by atoms with Crippen LogP contribution in [-0.4, -0.2) is 30.9 Å². The fourth-order valence-electron chi connectivity index (χ4n) is 1.88. The van der Waals surface area contributed by atoms with Crippen molar-refractivity contribution in [3.8, 4) is 5.75 Å². The van der Waals surface area contributed by atoms with Gasteiger partial charge >= 0.3 is 5.97 Å². The van der Waals surface area contributed by atoms with Crippen molar-refractivity contribution in [3.63, 3.8) is 0 Å². The molecule has 0 saturated carbocycles. The largest absolute Gasteiger partial charge is 0.494 e. The van der Waals surface area contributed by atoms with Gasteiger partial charge in [0.05, 0.1) is 13.2 Å². The highest BCUT2D eigenvalue weighted by Crippen LogP contribution is 2.24. The summed E-state index contributed by atoms with van der Waals surface area (Å²) in [6.07, 6.45) is 0.664. The maximum absolute atomic E-state index is 10.3. The predicted octanol–water partition coefficient (Wildman–Crippen LogP) is 3.85. The third kappa shape index (κ3) is 7.21. The van der Waals surface area contributed by atoms with Crippen LogP contribution >= 0.6 is 11.8 Å². The highest BCUT2D eigenvalue weighted by atomic mass is 32.2. The minimum atomic E-state index is -0.950. The van der Waals surface area contributed by atoms with E-state index in [9.17, 15) is 4.79 Å². The molecule has 2 rings (SSSR count). The number of benzene rings is 2. The van der Waals surface area contributed by atoms with Gasteiger partial charge < -0.3 is 14.6 Å². The van der Waals surface area contributed by atoms with Crippen LogP contribution in [0.5, 0.6) is 5.75 Å². The lowest BCUT2D eigenvalue weighted by Gasteiger charge is -2.07. The summed E-state index contributed by atoms with van der Waals surface area (Å²) in [5.74, 6) is 0.809. The molecular formula is C18H20O4S. The number of hydrogen-bond acceptors (Lipinski definition) is 4. The van der Waals surface area contributed by atoms with Crippen LogP contribution in [0.15, 0.2) is 59.5 Å². The van der Waals surface area contributed by atoms with Crippen molar-refractivity contribution >= 4 is 17.7 Å². The molecule has 0 aliphatic carbocycles. The molecule has 0 aromatic heterocycles. The molecule has 0 spiro atoms.